The molecular formula is C15H12ClN. The molecule has 0 unspecified atom stereocenters. The van der Waals surface area contributed by atoms with Gasteiger partial charge in [0.05, 0.1) is 5.69 Å². The maximum atomic E-state index is 5.96. The monoisotopic (exact) mass is 241 g/mol. The van der Waals surface area contributed by atoms with Crippen molar-refractivity contribution >= 4 is 23.0 Å². The van der Waals surface area contributed by atoms with Gasteiger partial charge in [-0.1, -0.05) is 41.9 Å². The summed E-state index contributed by atoms with van der Waals surface area (Å²) < 4.78 is 0. The Hall–Kier alpha value is -1.60. The summed E-state index contributed by atoms with van der Waals surface area (Å²) in [6.07, 6.45) is 2.11. The minimum Gasteiger partial charge on any atom is -0.253 e. The van der Waals surface area contributed by atoms with E-state index in [2.05, 4.69) is 24.3 Å². The highest BCUT2D eigenvalue weighted by molar-refractivity contribution is 6.30. The molecule has 0 atom stereocenters. The van der Waals surface area contributed by atoms with Crippen molar-refractivity contribution in [1.29, 1.82) is 0 Å². The normalized spacial score (nSPS) is 16.2. The van der Waals surface area contributed by atoms with E-state index in [1.54, 1.807) is 0 Å². The van der Waals surface area contributed by atoms with Gasteiger partial charge in [-0.15, -0.1) is 0 Å². The van der Waals surface area contributed by atoms with Crippen LogP contribution < -0.4 is 0 Å². The number of halogens is 1. The summed E-state index contributed by atoms with van der Waals surface area (Å²) >= 11 is 5.96. The Morgan fingerprint density at radius 3 is 2.71 bits per heavy atom. The van der Waals surface area contributed by atoms with Crippen molar-refractivity contribution in [1.82, 2.24) is 0 Å². The van der Waals surface area contributed by atoms with Crippen LogP contribution >= 0.6 is 11.6 Å². The third-order valence-electron chi connectivity index (χ3n) is 3.03. The molecule has 0 saturated carbocycles. The quantitative estimate of drug-likeness (QED) is 0.702. The number of hydrogen-bond donors (Lipinski definition) is 0. The summed E-state index contributed by atoms with van der Waals surface area (Å²) in [5.74, 6) is 0. The number of fused-ring (bicyclic) bond motifs is 1. The van der Waals surface area contributed by atoms with Gasteiger partial charge in [0.2, 0.25) is 0 Å². The van der Waals surface area contributed by atoms with Crippen molar-refractivity contribution < 1.29 is 0 Å². The first-order valence-corrected chi connectivity index (χ1v) is 6.12. The molecular weight excluding hydrogens is 230 g/mol. The molecule has 0 aliphatic heterocycles. The van der Waals surface area contributed by atoms with E-state index in [0.29, 0.717) is 0 Å². The second-order valence-corrected chi connectivity index (χ2v) is 4.63. The zero-order chi connectivity index (χ0) is 11.7. The van der Waals surface area contributed by atoms with Crippen LogP contribution in [0, 0.1) is 0 Å². The molecule has 0 aromatic heterocycles. The van der Waals surface area contributed by atoms with Crippen LogP contribution in [0.5, 0.6) is 0 Å². The molecule has 1 aliphatic carbocycles. The molecule has 0 spiro atoms. The van der Waals surface area contributed by atoms with Gasteiger partial charge in [-0.05, 0) is 42.2 Å². The lowest BCUT2D eigenvalue weighted by Crippen LogP contribution is -1.92. The van der Waals surface area contributed by atoms with Crippen LogP contribution in [0.1, 0.15) is 17.5 Å². The summed E-state index contributed by atoms with van der Waals surface area (Å²) in [5.41, 5.74) is 4.79. The summed E-state index contributed by atoms with van der Waals surface area (Å²) in [5, 5.41) is 0.734. The molecule has 0 amide bonds. The summed E-state index contributed by atoms with van der Waals surface area (Å²) in [6.45, 7) is 0. The van der Waals surface area contributed by atoms with E-state index in [9.17, 15) is 0 Å². The van der Waals surface area contributed by atoms with E-state index in [-0.39, 0.29) is 0 Å². The fourth-order valence-corrected chi connectivity index (χ4v) is 2.41. The molecule has 0 radical (unpaired) electrons. The average Bonchev–Trinajstić information content (AvgIpc) is 2.73. The van der Waals surface area contributed by atoms with Crippen molar-refractivity contribution in [2.75, 3.05) is 0 Å². The SMILES string of the molecule is Clc1cccc(N=C2CCc3ccccc32)c1. The Labute approximate surface area is 106 Å². The lowest BCUT2D eigenvalue weighted by Gasteiger charge is -2.00. The molecule has 1 nitrogen and oxygen atoms in total. The van der Waals surface area contributed by atoms with Crippen molar-refractivity contribution in [3.05, 3.63) is 64.7 Å². The standard InChI is InChI=1S/C15H12ClN/c16-12-5-3-6-13(10-12)17-15-9-8-11-4-1-2-7-14(11)15/h1-7,10H,8-9H2. The highest BCUT2D eigenvalue weighted by Gasteiger charge is 2.16. The second kappa shape index (κ2) is 4.34. The molecule has 2 aromatic rings. The average molecular weight is 242 g/mol. The zero-order valence-electron chi connectivity index (χ0n) is 9.36. The van der Waals surface area contributed by atoms with E-state index >= 15 is 0 Å². The van der Waals surface area contributed by atoms with Crippen molar-refractivity contribution in [3.8, 4) is 0 Å². The van der Waals surface area contributed by atoms with Gasteiger partial charge in [0.1, 0.15) is 0 Å². The Kier molecular flexibility index (Phi) is 2.69. The zero-order valence-corrected chi connectivity index (χ0v) is 10.1. The lowest BCUT2D eigenvalue weighted by atomic mass is 10.1. The first-order valence-electron chi connectivity index (χ1n) is 5.74. The van der Waals surface area contributed by atoms with E-state index in [1.165, 1.54) is 16.8 Å². The van der Waals surface area contributed by atoms with E-state index in [0.717, 1.165) is 23.6 Å². The van der Waals surface area contributed by atoms with Gasteiger partial charge in [0.15, 0.2) is 0 Å². The summed E-state index contributed by atoms with van der Waals surface area (Å²) in [6, 6.07) is 16.2. The van der Waals surface area contributed by atoms with E-state index in [4.69, 9.17) is 16.6 Å². The third kappa shape index (κ3) is 2.11. The number of rotatable bonds is 1. The van der Waals surface area contributed by atoms with Crippen LogP contribution in [0.3, 0.4) is 0 Å². The molecule has 3 rings (SSSR count). The lowest BCUT2D eigenvalue weighted by molar-refractivity contribution is 1.09. The molecule has 2 heteroatoms. The van der Waals surface area contributed by atoms with Crippen LogP contribution in [0.2, 0.25) is 5.02 Å². The number of aryl methyl sites for hydroxylation is 1. The third-order valence-corrected chi connectivity index (χ3v) is 3.27. The van der Waals surface area contributed by atoms with Gasteiger partial charge >= 0.3 is 0 Å². The Balaban J connectivity index is 2.02. The highest BCUT2D eigenvalue weighted by atomic mass is 35.5. The maximum Gasteiger partial charge on any atom is 0.0648 e. The Bertz CT molecular complexity index is 587. The largest absolute Gasteiger partial charge is 0.253 e. The van der Waals surface area contributed by atoms with Gasteiger partial charge in [-0.2, -0.15) is 0 Å². The molecule has 0 saturated heterocycles. The molecule has 1 aliphatic rings. The van der Waals surface area contributed by atoms with Crippen molar-refractivity contribution in [3.63, 3.8) is 0 Å². The smallest absolute Gasteiger partial charge is 0.0648 e. The van der Waals surface area contributed by atoms with E-state index < -0.39 is 0 Å². The minimum absolute atomic E-state index is 0.734. The fraction of sp³-hybridized carbons (Fsp3) is 0.133. The molecule has 17 heavy (non-hydrogen) atoms. The Morgan fingerprint density at radius 2 is 1.82 bits per heavy atom. The molecule has 84 valence electrons. The topological polar surface area (TPSA) is 12.4 Å². The number of hydrogen-bond acceptors (Lipinski definition) is 1. The fourth-order valence-electron chi connectivity index (χ4n) is 2.23. The minimum atomic E-state index is 0.734. The number of benzene rings is 2. The van der Waals surface area contributed by atoms with Gasteiger partial charge in [0, 0.05) is 10.7 Å². The number of aliphatic imine (C=N–C) groups is 1. The molecule has 0 N–H and O–H groups in total. The molecule has 0 heterocycles. The number of nitrogens with zero attached hydrogens (tertiary/aromatic N) is 1. The Morgan fingerprint density at radius 1 is 0.941 bits per heavy atom. The molecule has 2 aromatic carbocycles. The van der Waals surface area contributed by atoms with Crippen LogP contribution in [0.25, 0.3) is 0 Å². The highest BCUT2D eigenvalue weighted by Crippen LogP contribution is 2.26. The van der Waals surface area contributed by atoms with Crippen LogP contribution in [0.15, 0.2) is 53.5 Å². The summed E-state index contributed by atoms with van der Waals surface area (Å²) in [7, 11) is 0. The first-order chi connectivity index (χ1) is 8.33. The van der Waals surface area contributed by atoms with Crippen LogP contribution in [0.4, 0.5) is 5.69 Å². The first kappa shape index (κ1) is 10.5. The van der Waals surface area contributed by atoms with E-state index in [1.807, 2.05) is 24.3 Å². The summed E-state index contributed by atoms with van der Waals surface area (Å²) in [4.78, 5) is 4.69. The van der Waals surface area contributed by atoms with Gasteiger partial charge in [0.25, 0.3) is 0 Å². The van der Waals surface area contributed by atoms with Gasteiger partial charge in [-0.3, -0.25) is 4.99 Å². The molecule has 0 bridgehead atoms. The van der Waals surface area contributed by atoms with Gasteiger partial charge in [-0.25, -0.2) is 0 Å². The van der Waals surface area contributed by atoms with Gasteiger partial charge < -0.3 is 0 Å². The van der Waals surface area contributed by atoms with Crippen molar-refractivity contribution in [2.24, 2.45) is 4.99 Å². The van der Waals surface area contributed by atoms with Crippen LogP contribution in [-0.2, 0) is 6.42 Å². The predicted octanol–water partition coefficient (Wildman–Crippen LogP) is 4.41. The maximum absolute atomic E-state index is 5.96. The second-order valence-electron chi connectivity index (χ2n) is 4.20. The molecule has 0 fully saturated rings. The predicted molar refractivity (Wildman–Crippen MR) is 72.4 cm³/mol. The van der Waals surface area contributed by atoms with Crippen molar-refractivity contribution in [2.45, 2.75) is 12.8 Å². The van der Waals surface area contributed by atoms with Crippen LogP contribution in [-0.4, -0.2) is 5.71 Å².